The lowest BCUT2D eigenvalue weighted by Gasteiger charge is -2.37. The van der Waals surface area contributed by atoms with Crippen LogP contribution in [0.15, 0.2) is 60.8 Å². The zero-order valence-electron chi connectivity index (χ0n) is 22.3. The average Bonchev–Trinajstić information content (AvgIpc) is 3.38. The molecule has 3 aromatic rings. The Balaban J connectivity index is 1.15. The minimum Gasteiger partial charge on any atom is -0.488 e. The maximum absolute atomic E-state index is 13.7. The first-order valence-corrected chi connectivity index (χ1v) is 13.6. The van der Waals surface area contributed by atoms with Crippen LogP contribution in [-0.4, -0.2) is 58.9 Å². The molecule has 3 aliphatic heterocycles. The van der Waals surface area contributed by atoms with Crippen LogP contribution < -0.4 is 4.74 Å². The molecule has 0 spiro atoms. The van der Waals surface area contributed by atoms with Crippen LogP contribution in [0.1, 0.15) is 68.3 Å². The van der Waals surface area contributed by atoms with Crippen LogP contribution in [0.4, 0.5) is 0 Å². The van der Waals surface area contributed by atoms with E-state index in [1.807, 2.05) is 49.4 Å². The van der Waals surface area contributed by atoms with E-state index in [-0.39, 0.29) is 29.5 Å². The Morgan fingerprint density at radius 3 is 2.50 bits per heavy atom. The third kappa shape index (κ3) is 4.36. The van der Waals surface area contributed by atoms with Crippen LogP contribution in [-0.2, 0) is 5.41 Å². The number of carbonyl (C=O) groups is 2. The SMILES string of the molecule is Cc1cnc(C(=O)N2CCC(C#N)(c3ccccc3)CC2)cc1C(=O)N1CCC2c3ccc(C#N)cc3OC2C1. The Morgan fingerprint density at radius 2 is 1.77 bits per heavy atom. The smallest absolute Gasteiger partial charge is 0.272 e. The molecule has 2 amide bonds. The van der Waals surface area contributed by atoms with Gasteiger partial charge < -0.3 is 14.5 Å². The van der Waals surface area contributed by atoms with Gasteiger partial charge in [0.1, 0.15) is 17.5 Å². The Bertz CT molecular complexity index is 1560. The number of likely N-dealkylation sites (tertiary alicyclic amines) is 2. The van der Waals surface area contributed by atoms with Crippen LogP contribution in [0.2, 0.25) is 0 Å². The number of piperidine rings is 2. The van der Waals surface area contributed by atoms with E-state index in [1.54, 1.807) is 28.1 Å². The number of pyridine rings is 1. The Morgan fingerprint density at radius 1 is 1.00 bits per heavy atom. The summed E-state index contributed by atoms with van der Waals surface area (Å²) in [6.07, 6.45) is 3.28. The molecule has 0 bridgehead atoms. The van der Waals surface area contributed by atoms with Crippen molar-refractivity contribution in [1.29, 1.82) is 10.5 Å². The highest BCUT2D eigenvalue weighted by Crippen LogP contribution is 2.43. The standard InChI is InChI=1S/C32H29N5O3/c1-21-18-35-27(31(39)36-13-10-32(20-34,11-14-36)23-5-3-2-4-6-23)16-26(21)30(38)37-12-9-25-24-8-7-22(17-33)15-28(24)40-29(25)19-37/h2-8,15-16,18,25,29H,9-14,19H2,1H3. The van der Waals surface area contributed by atoms with Gasteiger partial charge in [0.25, 0.3) is 11.8 Å². The molecule has 200 valence electrons. The maximum Gasteiger partial charge on any atom is 0.272 e. The van der Waals surface area contributed by atoms with E-state index < -0.39 is 5.41 Å². The molecule has 2 aromatic carbocycles. The minimum absolute atomic E-state index is 0.143. The second kappa shape index (κ2) is 10.1. The fourth-order valence-corrected chi connectivity index (χ4v) is 6.27. The third-order valence-corrected chi connectivity index (χ3v) is 8.66. The highest BCUT2D eigenvalue weighted by Gasteiger charge is 2.41. The number of ether oxygens (including phenoxy) is 1. The molecule has 2 fully saturated rings. The molecular formula is C32H29N5O3. The lowest BCUT2D eigenvalue weighted by Crippen LogP contribution is -2.46. The monoisotopic (exact) mass is 531 g/mol. The van der Waals surface area contributed by atoms with Crippen molar-refractivity contribution in [2.75, 3.05) is 26.2 Å². The first-order chi connectivity index (χ1) is 19.4. The molecule has 1 aromatic heterocycles. The fourth-order valence-electron chi connectivity index (χ4n) is 6.27. The molecule has 8 nitrogen and oxygen atoms in total. The van der Waals surface area contributed by atoms with Gasteiger partial charge in [-0.05, 0) is 55.5 Å². The molecule has 0 aliphatic carbocycles. The van der Waals surface area contributed by atoms with Crippen molar-refractivity contribution in [3.63, 3.8) is 0 Å². The highest BCUT2D eigenvalue weighted by molar-refractivity contribution is 5.99. The summed E-state index contributed by atoms with van der Waals surface area (Å²) in [6.45, 7) is 3.73. The van der Waals surface area contributed by atoms with Gasteiger partial charge in [0.05, 0.1) is 29.7 Å². The van der Waals surface area contributed by atoms with E-state index in [9.17, 15) is 20.1 Å². The summed E-state index contributed by atoms with van der Waals surface area (Å²) in [5, 5.41) is 19.2. The molecular weight excluding hydrogens is 502 g/mol. The summed E-state index contributed by atoms with van der Waals surface area (Å²) in [6, 6.07) is 21.6. The molecule has 8 heteroatoms. The summed E-state index contributed by atoms with van der Waals surface area (Å²) in [7, 11) is 0. The predicted molar refractivity (Wildman–Crippen MR) is 147 cm³/mol. The van der Waals surface area contributed by atoms with Gasteiger partial charge in [-0.3, -0.25) is 14.6 Å². The first kappa shape index (κ1) is 25.6. The van der Waals surface area contributed by atoms with Crippen molar-refractivity contribution < 1.29 is 14.3 Å². The van der Waals surface area contributed by atoms with E-state index in [0.717, 1.165) is 23.3 Å². The number of hydrogen-bond acceptors (Lipinski definition) is 6. The van der Waals surface area contributed by atoms with Gasteiger partial charge in [0.15, 0.2) is 0 Å². The Hall–Kier alpha value is -4.69. The number of nitrogens with zero attached hydrogens (tertiary/aromatic N) is 5. The summed E-state index contributed by atoms with van der Waals surface area (Å²) in [5.41, 5.74) is 3.44. The first-order valence-electron chi connectivity index (χ1n) is 13.6. The van der Waals surface area contributed by atoms with Crippen molar-refractivity contribution in [1.82, 2.24) is 14.8 Å². The maximum atomic E-state index is 13.7. The number of amides is 2. The van der Waals surface area contributed by atoms with Gasteiger partial charge in [-0.25, -0.2) is 0 Å². The molecule has 4 heterocycles. The second-order valence-electron chi connectivity index (χ2n) is 10.9. The molecule has 2 unspecified atom stereocenters. The Kier molecular flexibility index (Phi) is 6.48. The molecule has 3 aliphatic rings. The predicted octanol–water partition coefficient (Wildman–Crippen LogP) is 4.35. The Labute approximate surface area is 233 Å². The normalized spacial score (nSPS) is 20.9. The van der Waals surface area contributed by atoms with Crippen molar-refractivity contribution in [2.45, 2.75) is 43.6 Å². The minimum atomic E-state index is -0.607. The number of benzene rings is 2. The van der Waals surface area contributed by atoms with Crippen molar-refractivity contribution in [2.24, 2.45) is 0 Å². The van der Waals surface area contributed by atoms with E-state index in [4.69, 9.17) is 4.74 Å². The topological polar surface area (TPSA) is 110 Å². The van der Waals surface area contributed by atoms with Crippen LogP contribution in [0.5, 0.6) is 5.75 Å². The zero-order valence-corrected chi connectivity index (χ0v) is 22.3. The van der Waals surface area contributed by atoms with E-state index in [0.29, 0.717) is 55.7 Å². The molecule has 0 radical (unpaired) electrons. The number of aromatic nitrogens is 1. The van der Waals surface area contributed by atoms with Gasteiger partial charge in [-0.1, -0.05) is 36.4 Å². The molecule has 0 N–H and O–H groups in total. The molecule has 2 atom stereocenters. The van der Waals surface area contributed by atoms with Crippen molar-refractivity contribution in [3.8, 4) is 17.9 Å². The second-order valence-corrected chi connectivity index (χ2v) is 10.9. The number of hydrogen-bond donors (Lipinski definition) is 0. The summed E-state index contributed by atoms with van der Waals surface area (Å²) >= 11 is 0. The van der Waals surface area contributed by atoms with Gasteiger partial charge in [-0.2, -0.15) is 10.5 Å². The van der Waals surface area contributed by atoms with Gasteiger partial charge in [-0.15, -0.1) is 0 Å². The largest absolute Gasteiger partial charge is 0.488 e. The van der Waals surface area contributed by atoms with Gasteiger partial charge in [0.2, 0.25) is 0 Å². The number of rotatable bonds is 3. The van der Waals surface area contributed by atoms with Crippen LogP contribution in [0.3, 0.4) is 0 Å². The summed E-state index contributed by atoms with van der Waals surface area (Å²) < 4.78 is 6.16. The molecule has 0 saturated carbocycles. The number of carbonyl (C=O) groups excluding carboxylic acids is 2. The highest BCUT2D eigenvalue weighted by atomic mass is 16.5. The quantitative estimate of drug-likeness (QED) is 0.497. The summed E-state index contributed by atoms with van der Waals surface area (Å²) in [4.78, 5) is 35.0. The van der Waals surface area contributed by atoms with Gasteiger partial charge in [0, 0.05) is 42.9 Å². The van der Waals surface area contributed by atoms with Crippen LogP contribution in [0.25, 0.3) is 0 Å². The lowest BCUT2D eigenvalue weighted by molar-refractivity contribution is 0.0543. The van der Waals surface area contributed by atoms with E-state index in [1.165, 1.54) is 0 Å². The van der Waals surface area contributed by atoms with Crippen LogP contribution in [0, 0.1) is 29.6 Å². The zero-order chi connectivity index (χ0) is 27.9. The van der Waals surface area contributed by atoms with Crippen LogP contribution >= 0.6 is 0 Å². The van der Waals surface area contributed by atoms with E-state index >= 15 is 0 Å². The fraction of sp³-hybridized carbons (Fsp3) is 0.344. The van der Waals surface area contributed by atoms with Crippen molar-refractivity contribution >= 4 is 11.8 Å². The third-order valence-electron chi connectivity index (χ3n) is 8.66. The number of fused-ring (bicyclic) bond motifs is 3. The molecule has 40 heavy (non-hydrogen) atoms. The summed E-state index contributed by atoms with van der Waals surface area (Å²) in [5.74, 6) is 0.551. The average molecular weight is 532 g/mol. The molecule has 6 rings (SSSR count). The van der Waals surface area contributed by atoms with Crippen molar-refractivity contribution in [3.05, 3.63) is 94.3 Å². The molecule has 2 saturated heterocycles. The van der Waals surface area contributed by atoms with Gasteiger partial charge >= 0.3 is 0 Å². The number of aryl methyl sites for hydroxylation is 1. The number of nitriles is 2. The lowest BCUT2D eigenvalue weighted by atomic mass is 9.74. The van der Waals surface area contributed by atoms with E-state index in [2.05, 4.69) is 17.1 Å².